The molecule has 0 spiro atoms. The van der Waals surface area contributed by atoms with Gasteiger partial charge in [-0.15, -0.1) is 0 Å². The minimum atomic E-state index is -0.140. The van der Waals surface area contributed by atoms with Crippen LogP contribution in [0.1, 0.15) is 59.3 Å². The van der Waals surface area contributed by atoms with Crippen molar-refractivity contribution < 1.29 is 14.3 Å². The van der Waals surface area contributed by atoms with E-state index in [1.54, 1.807) is 6.08 Å². The largest absolute Gasteiger partial charge is 0.462 e. The third-order valence-corrected chi connectivity index (χ3v) is 7.78. The van der Waals surface area contributed by atoms with Gasteiger partial charge in [0.05, 0.1) is 0 Å². The van der Waals surface area contributed by atoms with E-state index in [1.165, 1.54) is 31.8 Å². The molecule has 3 saturated carbocycles. The lowest BCUT2D eigenvalue weighted by Gasteiger charge is -2.56. The van der Waals surface area contributed by atoms with Crippen molar-refractivity contribution in [2.75, 3.05) is 0 Å². The van der Waals surface area contributed by atoms with Crippen molar-refractivity contribution >= 4 is 11.8 Å². The standard InChI is InChI=1S/C21H28O3/c1-13(22)24-19-7-6-17-16-5-4-14-12-15(23)8-10-20(14,2)18(16)9-11-21(17,19)3/h8,10,12,16-19H,4-7,9,11H2,1-3H3/t16-,17-,18-,19?,20-,21-/m0/s1. The van der Waals surface area contributed by atoms with E-state index in [4.69, 9.17) is 4.74 Å². The molecule has 1 unspecified atom stereocenters. The summed E-state index contributed by atoms with van der Waals surface area (Å²) in [4.78, 5) is 23.3. The average molecular weight is 328 g/mol. The second-order valence-corrected chi connectivity index (χ2v) is 8.82. The first kappa shape index (κ1) is 16.1. The van der Waals surface area contributed by atoms with Gasteiger partial charge in [0.1, 0.15) is 6.10 Å². The van der Waals surface area contributed by atoms with Crippen LogP contribution in [0, 0.1) is 28.6 Å². The molecule has 0 aromatic heterocycles. The zero-order valence-corrected chi connectivity index (χ0v) is 15.0. The molecule has 6 atom stereocenters. The summed E-state index contributed by atoms with van der Waals surface area (Å²) in [5.41, 5.74) is 1.53. The van der Waals surface area contributed by atoms with Crippen LogP contribution in [-0.4, -0.2) is 17.9 Å². The van der Waals surface area contributed by atoms with Crippen molar-refractivity contribution in [3.63, 3.8) is 0 Å². The minimum absolute atomic E-state index is 0.0533. The first-order chi connectivity index (χ1) is 11.3. The molecule has 0 bridgehead atoms. The number of carbonyl (C=O) groups excluding carboxylic acids is 2. The molecule has 0 radical (unpaired) electrons. The zero-order chi connectivity index (χ0) is 17.1. The summed E-state index contributed by atoms with van der Waals surface area (Å²) in [7, 11) is 0. The van der Waals surface area contributed by atoms with E-state index in [1.807, 2.05) is 6.08 Å². The second kappa shape index (κ2) is 5.31. The molecule has 4 aliphatic rings. The molecule has 0 saturated heterocycles. The van der Waals surface area contributed by atoms with Gasteiger partial charge < -0.3 is 4.74 Å². The van der Waals surface area contributed by atoms with E-state index in [9.17, 15) is 9.59 Å². The number of fused-ring (bicyclic) bond motifs is 5. The Bertz CT molecular complexity index is 645. The highest BCUT2D eigenvalue weighted by Crippen LogP contribution is 2.64. The van der Waals surface area contributed by atoms with Gasteiger partial charge in [-0.05, 0) is 68.4 Å². The topological polar surface area (TPSA) is 43.4 Å². The Labute approximate surface area is 144 Å². The first-order valence-corrected chi connectivity index (χ1v) is 9.46. The summed E-state index contributed by atoms with van der Waals surface area (Å²) in [6.45, 7) is 6.22. The number of ether oxygens (including phenoxy) is 1. The first-order valence-electron chi connectivity index (χ1n) is 9.46. The molecule has 0 heterocycles. The maximum Gasteiger partial charge on any atom is 0.302 e. The molecule has 3 nitrogen and oxygen atoms in total. The molecule has 0 aromatic rings. The van der Waals surface area contributed by atoms with Crippen LogP contribution in [0.2, 0.25) is 0 Å². The Morgan fingerprint density at radius 1 is 1.17 bits per heavy atom. The predicted molar refractivity (Wildman–Crippen MR) is 92.2 cm³/mol. The fraction of sp³-hybridized carbons (Fsp3) is 0.714. The summed E-state index contributed by atoms with van der Waals surface area (Å²) >= 11 is 0. The van der Waals surface area contributed by atoms with Crippen molar-refractivity contribution in [3.05, 3.63) is 23.8 Å². The fourth-order valence-electron chi connectivity index (χ4n) is 6.54. The van der Waals surface area contributed by atoms with Crippen LogP contribution in [0.4, 0.5) is 0 Å². The molecular weight excluding hydrogens is 300 g/mol. The highest BCUT2D eigenvalue weighted by atomic mass is 16.5. The van der Waals surface area contributed by atoms with Crippen molar-refractivity contribution in [2.24, 2.45) is 28.6 Å². The van der Waals surface area contributed by atoms with Gasteiger partial charge >= 0.3 is 5.97 Å². The van der Waals surface area contributed by atoms with Gasteiger partial charge in [0.15, 0.2) is 5.78 Å². The highest BCUT2D eigenvalue weighted by Gasteiger charge is 2.59. The molecule has 0 aliphatic heterocycles. The minimum Gasteiger partial charge on any atom is -0.462 e. The fourth-order valence-corrected chi connectivity index (χ4v) is 6.54. The van der Waals surface area contributed by atoms with E-state index in [2.05, 4.69) is 19.9 Å². The van der Waals surface area contributed by atoms with Gasteiger partial charge in [-0.25, -0.2) is 0 Å². The third kappa shape index (κ3) is 2.16. The maximum absolute atomic E-state index is 11.8. The Morgan fingerprint density at radius 3 is 2.71 bits per heavy atom. The number of allylic oxidation sites excluding steroid dienone is 4. The van der Waals surface area contributed by atoms with Crippen LogP contribution in [-0.2, 0) is 14.3 Å². The average Bonchev–Trinajstić information content (AvgIpc) is 2.84. The van der Waals surface area contributed by atoms with Crippen LogP contribution in [0.3, 0.4) is 0 Å². The second-order valence-electron chi connectivity index (χ2n) is 8.82. The number of carbonyl (C=O) groups is 2. The molecule has 4 aliphatic carbocycles. The van der Waals surface area contributed by atoms with Gasteiger partial charge in [-0.1, -0.05) is 25.5 Å². The van der Waals surface area contributed by atoms with E-state index >= 15 is 0 Å². The van der Waals surface area contributed by atoms with Crippen LogP contribution in [0.5, 0.6) is 0 Å². The molecule has 0 amide bonds. The molecule has 3 fully saturated rings. The van der Waals surface area contributed by atoms with Gasteiger partial charge in [-0.3, -0.25) is 9.59 Å². The quantitative estimate of drug-likeness (QED) is 0.677. The lowest BCUT2D eigenvalue weighted by Crippen LogP contribution is -2.50. The van der Waals surface area contributed by atoms with Crippen molar-refractivity contribution in [3.8, 4) is 0 Å². The number of hydrogen-bond donors (Lipinski definition) is 0. The van der Waals surface area contributed by atoms with Crippen molar-refractivity contribution in [2.45, 2.75) is 65.4 Å². The van der Waals surface area contributed by atoms with Gasteiger partial charge in [0.2, 0.25) is 0 Å². The molecule has 0 N–H and O–H groups in total. The maximum atomic E-state index is 11.8. The summed E-state index contributed by atoms with van der Waals surface area (Å²) in [5, 5.41) is 0. The number of hydrogen-bond acceptors (Lipinski definition) is 3. The Kier molecular flexibility index (Phi) is 3.56. The van der Waals surface area contributed by atoms with Crippen LogP contribution in [0.15, 0.2) is 23.8 Å². The molecule has 24 heavy (non-hydrogen) atoms. The summed E-state index contributed by atoms with van der Waals surface area (Å²) in [6, 6.07) is 0. The Morgan fingerprint density at radius 2 is 1.96 bits per heavy atom. The van der Waals surface area contributed by atoms with Crippen molar-refractivity contribution in [1.82, 2.24) is 0 Å². The Balaban J connectivity index is 1.63. The number of ketones is 1. The molecule has 0 aromatic carbocycles. The van der Waals surface area contributed by atoms with E-state index in [0.29, 0.717) is 17.8 Å². The zero-order valence-electron chi connectivity index (χ0n) is 15.0. The summed E-state index contributed by atoms with van der Waals surface area (Å²) in [6.07, 6.45) is 12.6. The SMILES string of the molecule is CC(=O)OC1CC[C@H]2[C@@H]3CCC4=CC(=O)C=C[C@]4(C)[C@H]3CC[C@]12C. The van der Waals surface area contributed by atoms with E-state index < -0.39 is 0 Å². The lowest BCUT2D eigenvalue weighted by atomic mass is 9.48. The predicted octanol–water partition coefficient (Wildman–Crippen LogP) is 4.23. The molecule has 3 heteroatoms. The number of rotatable bonds is 1. The molecule has 4 rings (SSSR count). The van der Waals surface area contributed by atoms with Crippen LogP contribution in [0.25, 0.3) is 0 Å². The monoisotopic (exact) mass is 328 g/mol. The van der Waals surface area contributed by atoms with Gasteiger partial charge in [-0.2, -0.15) is 0 Å². The third-order valence-electron chi connectivity index (χ3n) is 7.78. The highest BCUT2D eigenvalue weighted by molar-refractivity contribution is 6.01. The molecular formula is C21H28O3. The van der Waals surface area contributed by atoms with Gasteiger partial charge in [0, 0.05) is 17.8 Å². The van der Waals surface area contributed by atoms with Gasteiger partial charge in [0.25, 0.3) is 0 Å². The van der Waals surface area contributed by atoms with Crippen LogP contribution < -0.4 is 0 Å². The van der Waals surface area contributed by atoms with E-state index in [0.717, 1.165) is 19.3 Å². The Hall–Kier alpha value is -1.38. The van der Waals surface area contributed by atoms with E-state index in [-0.39, 0.29) is 28.7 Å². The summed E-state index contributed by atoms with van der Waals surface area (Å²) in [5.74, 6) is 1.96. The normalized spacial score (nSPS) is 46.6. The molecule has 130 valence electrons. The van der Waals surface area contributed by atoms with Crippen LogP contribution >= 0.6 is 0 Å². The summed E-state index contributed by atoms with van der Waals surface area (Å²) < 4.78 is 5.70. The number of esters is 1. The lowest BCUT2D eigenvalue weighted by molar-refractivity contribution is -0.156. The smallest absolute Gasteiger partial charge is 0.302 e. The van der Waals surface area contributed by atoms with Crippen molar-refractivity contribution in [1.29, 1.82) is 0 Å².